The van der Waals surface area contributed by atoms with Crippen LogP contribution in [0.15, 0.2) is 76.2 Å². The van der Waals surface area contributed by atoms with Gasteiger partial charge in [-0.15, -0.1) is 0 Å². The van der Waals surface area contributed by atoms with Crippen molar-refractivity contribution in [2.75, 3.05) is 25.1 Å². The minimum Gasteiger partial charge on any atom is -0.490 e. The molecule has 1 heterocycles. The van der Waals surface area contributed by atoms with E-state index in [1.54, 1.807) is 36.4 Å². The number of nitrogens with one attached hydrogen (secondary N) is 2. The fourth-order valence-electron chi connectivity index (χ4n) is 2.71. The van der Waals surface area contributed by atoms with E-state index in [4.69, 9.17) is 13.9 Å². The second-order valence-corrected chi connectivity index (χ2v) is 8.19. The van der Waals surface area contributed by atoms with Crippen LogP contribution in [-0.2, 0) is 21.3 Å². The Bertz CT molecular complexity index is 1080. The van der Waals surface area contributed by atoms with Gasteiger partial charge in [0.05, 0.1) is 29.9 Å². The molecular formula is C22H24N2O6S. The largest absolute Gasteiger partial charge is 0.490 e. The quantitative estimate of drug-likeness (QED) is 0.439. The van der Waals surface area contributed by atoms with E-state index >= 15 is 0 Å². The smallest absolute Gasteiger partial charge is 0.259 e. The SMILES string of the molecule is CCOCCOc1ccccc1C(=O)Nc1ccc(S(=O)(=O)NCc2ccco2)cc1. The number of hydrogen-bond donors (Lipinski definition) is 2. The van der Waals surface area contributed by atoms with Crippen LogP contribution >= 0.6 is 0 Å². The maximum absolute atomic E-state index is 12.7. The molecule has 164 valence electrons. The van der Waals surface area contributed by atoms with Crippen molar-refractivity contribution in [2.45, 2.75) is 18.4 Å². The molecule has 0 aliphatic heterocycles. The van der Waals surface area contributed by atoms with Gasteiger partial charge in [0, 0.05) is 12.3 Å². The predicted octanol–water partition coefficient (Wildman–Crippen LogP) is 3.43. The lowest BCUT2D eigenvalue weighted by Crippen LogP contribution is -2.23. The molecule has 0 atom stereocenters. The van der Waals surface area contributed by atoms with Crippen molar-refractivity contribution < 1.29 is 27.1 Å². The highest BCUT2D eigenvalue weighted by Gasteiger charge is 2.16. The number of amides is 1. The third-order valence-electron chi connectivity index (χ3n) is 4.26. The second kappa shape index (κ2) is 10.8. The van der Waals surface area contributed by atoms with Gasteiger partial charge >= 0.3 is 0 Å². The Labute approximate surface area is 181 Å². The monoisotopic (exact) mass is 444 g/mol. The van der Waals surface area contributed by atoms with Gasteiger partial charge in [0.15, 0.2) is 0 Å². The molecule has 0 unspecified atom stereocenters. The highest BCUT2D eigenvalue weighted by atomic mass is 32.2. The van der Waals surface area contributed by atoms with Gasteiger partial charge in [0.1, 0.15) is 18.1 Å². The summed E-state index contributed by atoms with van der Waals surface area (Å²) >= 11 is 0. The van der Waals surface area contributed by atoms with E-state index in [-0.39, 0.29) is 17.3 Å². The van der Waals surface area contributed by atoms with Crippen LogP contribution in [0.2, 0.25) is 0 Å². The molecule has 1 amide bonds. The van der Waals surface area contributed by atoms with Crippen LogP contribution in [0.5, 0.6) is 5.75 Å². The average molecular weight is 445 g/mol. The van der Waals surface area contributed by atoms with Crippen LogP contribution in [0.4, 0.5) is 5.69 Å². The van der Waals surface area contributed by atoms with Crippen LogP contribution in [0.3, 0.4) is 0 Å². The first-order valence-corrected chi connectivity index (χ1v) is 11.2. The van der Waals surface area contributed by atoms with Gasteiger partial charge in [-0.3, -0.25) is 4.79 Å². The maximum atomic E-state index is 12.7. The number of carbonyl (C=O) groups is 1. The number of rotatable bonds is 11. The molecule has 9 heteroatoms. The summed E-state index contributed by atoms with van der Waals surface area (Å²) in [7, 11) is -3.71. The normalized spacial score (nSPS) is 11.3. The Balaban J connectivity index is 1.62. The topological polar surface area (TPSA) is 107 Å². The Hall–Kier alpha value is -3.14. The summed E-state index contributed by atoms with van der Waals surface area (Å²) in [6, 6.07) is 16.1. The molecule has 0 aliphatic carbocycles. The lowest BCUT2D eigenvalue weighted by molar-refractivity contribution is 0.0998. The molecular weight excluding hydrogens is 420 g/mol. The number of anilines is 1. The molecule has 2 N–H and O–H groups in total. The predicted molar refractivity (Wildman–Crippen MR) is 116 cm³/mol. The van der Waals surface area contributed by atoms with Gasteiger partial charge in [-0.25, -0.2) is 13.1 Å². The van der Waals surface area contributed by atoms with Gasteiger partial charge in [-0.2, -0.15) is 0 Å². The Morgan fingerprint density at radius 2 is 1.77 bits per heavy atom. The molecule has 2 aromatic carbocycles. The van der Waals surface area contributed by atoms with Gasteiger partial charge in [0.2, 0.25) is 10.0 Å². The number of benzene rings is 2. The zero-order chi connectivity index (χ0) is 22.1. The number of sulfonamides is 1. The Morgan fingerprint density at radius 1 is 1.00 bits per heavy atom. The zero-order valence-electron chi connectivity index (χ0n) is 17.0. The summed E-state index contributed by atoms with van der Waals surface area (Å²) in [4.78, 5) is 12.8. The summed E-state index contributed by atoms with van der Waals surface area (Å²) in [6.45, 7) is 3.29. The first kappa shape index (κ1) is 22.5. The van der Waals surface area contributed by atoms with Crippen LogP contribution in [0.1, 0.15) is 23.0 Å². The highest BCUT2D eigenvalue weighted by Crippen LogP contribution is 2.21. The van der Waals surface area contributed by atoms with Crippen LogP contribution in [0, 0.1) is 0 Å². The third-order valence-corrected chi connectivity index (χ3v) is 5.68. The first-order valence-electron chi connectivity index (χ1n) is 9.72. The molecule has 3 aromatic rings. The molecule has 0 saturated carbocycles. The highest BCUT2D eigenvalue weighted by molar-refractivity contribution is 7.89. The number of hydrogen-bond acceptors (Lipinski definition) is 6. The van der Waals surface area contributed by atoms with Crippen LogP contribution in [-0.4, -0.2) is 34.1 Å². The molecule has 0 saturated heterocycles. The average Bonchev–Trinajstić information content (AvgIpc) is 3.30. The fourth-order valence-corrected chi connectivity index (χ4v) is 3.71. The fraction of sp³-hybridized carbons (Fsp3) is 0.227. The first-order chi connectivity index (χ1) is 15.0. The van der Waals surface area contributed by atoms with Crippen molar-refractivity contribution in [1.82, 2.24) is 4.72 Å². The lowest BCUT2D eigenvalue weighted by atomic mass is 10.2. The van der Waals surface area contributed by atoms with Crippen LogP contribution in [0.25, 0.3) is 0 Å². The molecule has 8 nitrogen and oxygen atoms in total. The third kappa shape index (κ3) is 6.42. The molecule has 1 aromatic heterocycles. The van der Waals surface area contributed by atoms with Gasteiger partial charge < -0.3 is 19.2 Å². The van der Waals surface area contributed by atoms with Gasteiger partial charge in [0.25, 0.3) is 5.91 Å². The summed E-state index contributed by atoms with van der Waals surface area (Å²) in [6.07, 6.45) is 1.48. The maximum Gasteiger partial charge on any atom is 0.259 e. The number of para-hydroxylation sites is 1. The lowest BCUT2D eigenvalue weighted by Gasteiger charge is -2.12. The molecule has 31 heavy (non-hydrogen) atoms. The summed E-state index contributed by atoms with van der Waals surface area (Å²) < 4.78 is 43.3. The Kier molecular flexibility index (Phi) is 7.82. The molecule has 3 rings (SSSR count). The number of ether oxygens (including phenoxy) is 2. The zero-order valence-corrected chi connectivity index (χ0v) is 17.9. The van der Waals surface area contributed by atoms with Crippen molar-refractivity contribution in [3.05, 3.63) is 78.3 Å². The van der Waals surface area contributed by atoms with E-state index in [1.807, 2.05) is 6.92 Å². The van der Waals surface area contributed by atoms with Crippen molar-refractivity contribution in [3.63, 3.8) is 0 Å². The van der Waals surface area contributed by atoms with Crippen LogP contribution < -0.4 is 14.8 Å². The van der Waals surface area contributed by atoms with E-state index in [1.165, 1.54) is 30.5 Å². The van der Waals surface area contributed by atoms with E-state index in [0.717, 1.165) is 0 Å². The van der Waals surface area contributed by atoms with Crippen molar-refractivity contribution >= 4 is 21.6 Å². The van der Waals surface area contributed by atoms with E-state index in [0.29, 0.717) is 42.6 Å². The van der Waals surface area contributed by atoms with Crippen molar-refractivity contribution in [2.24, 2.45) is 0 Å². The standard InChI is InChI=1S/C22H24N2O6S/c1-2-28-14-15-30-21-8-4-3-7-20(21)22(25)24-17-9-11-19(12-10-17)31(26,27)23-16-18-6-5-13-29-18/h3-13,23H,2,14-16H2,1H3,(H,24,25). The minimum absolute atomic E-state index is 0.0495. The van der Waals surface area contributed by atoms with Crippen molar-refractivity contribution in [3.8, 4) is 5.75 Å². The molecule has 0 aliphatic rings. The minimum atomic E-state index is -3.71. The molecule has 0 radical (unpaired) electrons. The van der Waals surface area contributed by atoms with E-state index < -0.39 is 10.0 Å². The Morgan fingerprint density at radius 3 is 2.48 bits per heavy atom. The van der Waals surface area contributed by atoms with Gasteiger partial charge in [-0.1, -0.05) is 12.1 Å². The molecule has 0 fully saturated rings. The summed E-state index contributed by atoms with van der Waals surface area (Å²) in [5, 5.41) is 2.75. The summed E-state index contributed by atoms with van der Waals surface area (Å²) in [5.41, 5.74) is 0.829. The number of furan rings is 1. The molecule has 0 spiro atoms. The van der Waals surface area contributed by atoms with E-state index in [9.17, 15) is 13.2 Å². The second-order valence-electron chi connectivity index (χ2n) is 6.42. The van der Waals surface area contributed by atoms with Crippen molar-refractivity contribution in [1.29, 1.82) is 0 Å². The van der Waals surface area contributed by atoms with Gasteiger partial charge in [-0.05, 0) is 55.5 Å². The number of carbonyl (C=O) groups excluding carboxylic acids is 1. The summed E-state index contributed by atoms with van der Waals surface area (Å²) in [5.74, 6) is 0.592. The van der Waals surface area contributed by atoms with E-state index in [2.05, 4.69) is 10.0 Å². The molecule has 0 bridgehead atoms.